The zero-order chi connectivity index (χ0) is 13.0. The second-order valence-corrected chi connectivity index (χ2v) is 4.35. The first-order valence-corrected chi connectivity index (χ1v) is 6.07. The van der Waals surface area contributed by atoms with Crippen molar-refractivity contribution >= 4 is 17.5 Å². The van der Waals surface area contributed by atoms with Crippen LogP contribution in [-0.2, 0) is 9.59 Å². The molecule has 5 heteroatoms. The number of rotatable bonds is 5. The molecule has 5 nitrogen and oxygen atoms in total. The lowest BCUT2D eigenvalue weighted by Gasteiger charge is -2.21. The summed E-state index contributed by atoms with van der Waals surface area (Å²) >= 11 is 0. The summed E-state index contributed by atoms with van der Waals surface area (Å²) in [4.78, 5) is 26.5. The average molecular weight is 247 g/mol. The topological polar surface area (TPSA) is 66.4 Å². The highest BCUT2D eigenvalue weighted by Gasteiger charge is 2.22. The Kier molecular flexibility index (Phi) is 3.94. The van der Waals surface area contributed by atoms with Crippen LogP contribution in [-0.4, -0.2) is 42.9 Å². The second-order valence-electron chi connectivity index (χ2n) is 4.35. The summed E-state index contributed by atoms with van der Waals surface area (Å²) < 4.78 is 0. The van der Waals surface area contributed by atoms with E-state index in [9.17, 15) is 9.59 Å². The van der Waals surface area contributed by atoms with Crippen LogP contribution in [0.2, 0.25) is 0 Å². The van der Waals surface area contributed by atoms with Crippen LogP contribution in [0.4, 0.5) is 5.69 Å². The minimum absolute atomic E-state index is 0.516. The molecule has 1 aliphatic heterocycles. The van der Waals surface area contributed by atoms with E-state index in [4.69, 9.17) is 5.73 Å². The molecule has 1 fully saturated rings. The number of carbonyl (C=O) groups is 2. The molecule has 1 heterocycles. The molecule has 0 bridgehead atoms. The number of hydrogen-bond donors (Lipinski definition) is 1. The monoisotopic (exact) mass is 247 g/mol. The van der Waals surface area contributed by atoms with Gasteiger partial charge in [0.05, 0.1) is 0 Å². The summed E-state index contributed by atoms with van der Waals surface area (Å²) in [5.41, 5.74) is 5.79. The lowest BCUT2D eigenvalue weighted by atomic mass is 10.2. The molecular weight excluding hydrogens is 230 g/mol. The van der Waals surface area contributed by atoms with E-state index >= 15 is 0 Å². The fourth-order valence-corrected chi connectivity index (χ4v) is 1.84. The predicted molar refractivity (Wildman–Crippen MR) is 69.0 cm³/mol. The first-order valence-electron chi connectivity index (χ1n) is 6.07. The predicted octanol–water partition coefficient (Wildman–Crippen LogP) is 0.211. The van der Waals surface area contributed by atoms with Crippen LogP contribution in [0.3, 0.4) is 0 Å². The number of amides is 2. The van der Waals surface area contributed by atoms with Gasteiger partial charge in [0.15, 0.2) is 0 Å². The molecule has 1 aromatic rings. The maximum atomic E-state index is 11.8. The number of para-hydroxylation sites is 1. The molecule has 0 unspecified atom stereocenters. The number of carbonyl (C=O) groups excluding carboxylic acids is 2. The highest BCUT2D eigenvalue weighted by molar-refractivity contribution is 6.39. The van der Waals surface area contributed by atoms with Crippen LogP contribution < -0.4 is 10.6 Å². The third-order valence-electron chi connectivity index (χ3n) is 2.92. The van der Waals surface area contributed by atoms with E-state index in [1.807, 2.05) is 18.2 Å². The Morgan fingerprint density at radius 3 is 2.44 bits per heavy atom. The fraction of sp³-hybridized carbons (Fsp3) is 0.385. The number of nitrogens with zero attached hydrogens (tertiary/aromatic N) is 2. The number of primary amides is 1. The zero-order valence-corrected chi connectivity index (χ0v) is 10.2. The van der Waals surface area contributed by atoms with Gasteiger partial charge in [-0.05, 0) is 25.1 Å². The van der Waals surface area contributed by atoms with Gasteiger partial charge in [-0.15, -0.1) is 0 Å². The van der Waals surface area contributed by atoms with Crippen molar-refractivity contribution in [2.24, 2.45) is 5.73 Å². The van der Waals surface area contributed by atoms with Crippen LogP contribution in [0.25, 0.3) is 0 Å². The maximum Gasteiger partial charge on any atom is 0.316 e. The van der Waals surface area contributed by atoms with E-state index in [-0.39, 0.29) is 0 Å². The third-order valence-corrected chi connectivity index (χ3v) is 2.92. The summed E-state index contributed by atoms with van der Waals surface area (Å²) in [5, 5.41) is 0. The number of hydrogen-bond acceptors (Lipinski definition) is 3. The summed E-state index contributed by atoms with van der Waals surface area (Å²) in [5.74, 6) is -1.56. The SMILES string of the molecule is NC(=O)C(=O)N(CCCN1CC1)c1ccccc1. The van der Waals surface area contributed by atoms with Crippen molar-refractivity contribution in [3.8, 4) is 0 Å². The summed E-state index contributed by atoms with van der Waals surface area (Å²) in [6.07, 6.45) is 0.841. The van der Waals surface area contributed by atoms with Crippen molar-refractivity contribution in [3.63, 3.8) is 0 Å². The van der Waals surface area contributed by atoms with Crippen LogP contribution in [0.15, 0.2) is 30.3 Å². The van der Waals surface area contributed by atoms with Gasteiger partial charge in [-0.3, -0.25) is 9.59 Å². The van der Waals surface area contributed by atoms with E-state index < -0.39 is 11.8 Å². The van der Waals surface area contributed by atoms with Gasteiger partial charge < -0.3 is 15.5 Å². The molecule has 1 aromatic carbocycles. The molecule has 1 aliphatic rings. The zero-order valence-electron chi connectivity index (χ0n) is 10.2. The highest BCUT2D eigenvalue weighted by atomic mass is 16.2. The Balaban J connectivity index is 2.01. The first kappa shape index (κ1) is 12.6. The van der Waals surface area contributed by atoms with Crippen molar-refractivity contribution in [2.45, 2.75) is 6.42 Å². The van der Waals surface area contributed by atoms with E-state index in [0.29, 0.717) is 12.2 Å². The molecule has 1 saturated heterocycles. The Hall–Kier alpha value is -1.88. The molecule has 0 atom stereocenters. The van der Waals surface area contributed by atoms with Gasteiger partial charge in [-0.2, -0.15) is 0 Å². The molecule has 96 valence electrons. The highest BCUT2D eigenvalue weighted by Crippen LogP contribution is 2.14. The molecule has 0 aromatic heterocycles. The lowest BCUT2D eigenvalue weighted by molar-refractivity contribution is -0.135. The minimum atomic E-state index is -0.911. The van der Waals surface area contributed by atoms with Gasteiger partial charge in [0.1, 0.15) is 0 Å². The van der Waals surface area contributed by atoms with Gasteiger partial charge in [0.25, 0.3) is 0 Å². The number of anilines is 1. The van der Waals surface area contributed by atoms with Gasteiger partial charge in [-0.25, -0.2) is 0 Å². The van der Waals surface area contributed by atoms with Crippen molar-refractivity contribution in [1.82, 2.24) is 4.90 Å². The molecule has 2 rings (SSSR count). The van der Waals surface area contributed by atoms with Gasteiger partial charge >= 0.3 is 11.8 Å². The normalized spacial score (nSPS) is 14.2. The molecule has 2 amide bonds. The molecule has 0 aliphatic carbocycles. The Morgan fingerprint density at radius 2 is 1.89 bits per heavy atom. The summed E-state index contributed by atoms with van der Waals surface area (Å²) in [6, 6.07) is 9.14. The molecular formula is C13H17N3O2. The average Bonchev–Trinajstić information content (AvgIpc) is 3.19. The molecule has 0 saturated carbocycles. The summed E-state index contributed by atoms with van der Waals surface area (Å²) in [7, 11) is 0. The van der Waals surface area contributed by atoms with Crippen LogP contribution in [0.1, 0.15) is 6.42 Å². The van der Waals surface area contributed by atoms with E-state index in [1.54, 1.807) is 12.1 Å². The second kappa shape index (κ2) is 5.64. The van der Waals surface area contributed by atoms with E-state index in [1.165, 1.54) is 4.90 Å². The maximum absolute atomic E-state index is 11.8. The van der Waals surface area contributed by atoms with Crippen molar-refractivity contribution < 1.29 is 9.59 Å². The Morgan fingerprint density at radius 1 is 1.22 bits per heavy atom. The largest absolute Gasteiger partial charge is 0.361 e. The fourth-order valence-electron chi connectivity index (χ4n) is 1.84. The quantitative estimate of drug-likeness (QED) is 0.597. The van der Waals surface area contributed by atoms with Crippen molar-refractivity contribution in [1.29, 1.82) is 0 Å². The van der Waals surface area contributed by atoms with Gasteiger partial charge in [-0.1, -0.05) is 18.2 Å². The molecule has 2 N–H and O–H groups in total. The number of benzene rings is 1. The van der Waals surface area contributed by atoms with Crippen molar-refractivity contribution in [2.75, 3.05) is 31.1 Å². The Bertz CT molecular complexity index is 429. The third kappa shape index (κ3) is 3.30. The molecule has 0 spiro atoms. The molecule has 0 radical (unpaired) electrons. The minimum Gasteiger partial charge on any atom is -0.361 e. The van der Waals surface area contributed by atoms with Crippen LogP contribution in [0, 0.1) is 0 Å². The van der Waals surface area contributed by atoms with E-state index in [2.05, 4.69) is 4.90 Å². The van der Waals surface area contributed by atoms with Gasteiger partial charge in [0.2, 0.25) is 0 Å². The standard InChI is InChI=1S/C13H17N3O2/c14-12(17)13(18)16(8-4-7-15-9-10-15)11-5-2-1-3-6-11/h1-3,5-6H,4,7-10H2,(H2,14,17). The first-order chi connectivity index (χ1) is 8.68. The lowest BCUT2D eigenvalue weighted by Crippen LogP contribution is -2.41. The van der Waals surface area contributed by atoms with Crippen molar-refractivity contribution in [3.05, 3.63) is 30.3 Å². The summed E-state index contributed by atoms with van der Waals surface area (Å²) in [6.45, 7) is 3.74. The van der Waals surface area contributed by atoms with Gasteiger partial charge in [0, 0.05) is 25.3 Å². The number of nitrogens with two attached hydrogens (primary N) is 1. The molecule has 18 heavy (non-hydrogen) atoms. The smallest absolute Gasteiger partial charge is 0.316 e. The Labute approximate surface area is 106 Å². The van der Waals surface area contributed by atoms with Crippen LogP contribution in [0.5, 0.6) is 0 Å². The van der Waals surface area contributed by atoms with E-state index in [0.717, 1.165) is 26.1 Å². The van der Waals surface area contributed by atoms with Crippen LogP contribution >= 0.6 is 0 Å².